The molecule has 0 spiro atoms. The Morgan fingerprint density at radius 3 is 2.57 bits per heavy atom. The molecule has 0 heterocycles. The van der Waals surface area contributed by atoms with Gasteiger partial charge in [0.1, 0.15) is 0 Å². The van der Waals surface area contributed by atoms with Gasteiger partial charge in [0.2, 0.25) is 0 Å². The summed E-state index contributed by atoms with van der Waals surface area (Å²) in [7, 11) is 3.33. The molecule has 0 atom stereocenters. The van der Waals surface area contributed by atoms with Gasteiger partial charge in [0.05, 0.1) is 7.11 Å². The van der Waals surface area contributed by atoms with E-state index >= 15 is 0 Å². The van der Waals surface area contributed by atoms with Gasteiger partial charge in [0.25, 0.3) is 0 Å². The fourth-order valence-electron chi connectivity index (χ4n) is 0.181. The van der Waals surface area contributed by atoms with Crippen LogP contribution in [0.1, 0.15) is 0 Å². The van der Waals surface area contributed by atoms with Crippen molar-refractivity contribution in [2.75, 3.05) is 14.2 Å². The van der Waals surface area contributed by atoms with E-state index in [-0.39, 0.29) is 0 Å². The zero-order valence-corrected chi connectivity index (χ0v) is 4.64. The van der Waals surface area contributed by atoms with Crippen LogP contribution in [0.3, 0.4) is 0 Å². The van der Waals surface area contributed by atoms with Gasteiger partial charge in [0.15, 0.2) is 0 Å². The van der Waals surface area contributed by atoms with Gasteiger partial charge in [-0.15, -0.1) is 5.59 Å². The smallest absolute Gasteiger partial charge is 0.0593 e. The van der Waals surface area contributed by atoms with Crippen LogP contribution in [0.4, 0.5) is 0 Å². The molecule has 0 aromatic carbocycles. The van der Waals surface area contributed by atoms with E-state index in [0.29, 0.717) is 0 Å². The second-order valence-corrected chi connectivity index (χ2v) is 1.09. The van der Waals surface area contributed by atoms with Crippen LogP contribution >= 0.6 is 0 Å². The second-order valence-electron chi connectivity index (χ2n) is 1.09. The Hall–Kier alpha value is -0.540. The fraction of sp³-hybridized carbons (Fsp3) is 0.500. The summed E-state index contributed by atoms with van der Waals surface area (Å²) in [6, 6.07) is 0. The molecule has 0 aliphatic carbocycles. The Bertz CT molecular complexity index is 55.7. The molecule has 0 saturated heterocycles. The summed E-state index contributed by atoms with van der Waals surface area (Å²) in [6.07, 6.45) is 1.60. The molecule has 3 nitrogen and oxygen atoms in total. The summed E-state index contributed by atoms with van der Waals surface area (Å²) in [5.41, 5.74) is 2.51. The first-order valence-electron chi connectivity index (χ1n) is 1.95. The predicted octanol–water partition coefficient (Wildman–Crippen LogP) is 0.128. The largest absolute Gasteiger partial charge is 0.297 e. The van der Waals surface area contributed by atoms with E-state index in [0.717, 1.165) is 0 Å². The monoisotopic (exact) mass is 102 g/mol. The highest BCUT2D eigenvalue weighted by molar-refractivity contribution is 4.58. The predicted molar refractivity (Wildman–Crippen MR) is 28.1 cm³/mol. The molecule has 3 heteroatoms. The van der Waals surface area contributed by atoms with Crippen molar-refractivity contribution in [3.63, 3.8) is 0 Å². The first-order chi connectivity index (χ1) is 3.31. The van der Waals surface area contributed by atoms with E-state index in [2.05, 4.69) is 17.0 Å². The average Bonchev–Trinajstić information content (AvgIpc) is 1.68. The third-order valence-corrected chi connectivity index (χ3v) is 0.509. The quantitative estimate of drug-likeness (QED) is 0.512. The van der Waals surface area contributed by atoms with Crippen LogP contribution in [0.2, 0.25) is 0 Å². The molecule has 0 fully saturated rings. The Labute approximate surface area is 43.5 Å². The summed E-state index contributed by atoms with van der Waals surface area (Å²) in [4.78, 5) is 4.50. The maximum absolute atomic E-state index is 4.50. The molecule has 1 N–H and O–H groups in total. The van der Waals surface area contributed by atoms with Crippen LogP contribution in [0.15, 0.2) is 12.8 Å². The van der Waals surface area contributed by atoms with Crippen molar-refractivity contribution in [1.29, 1.82) is 0 Å². The van der Waals surface area contributed by atoms with Crippen molar-refractivity contribution in [3.8, 4) is 0 Å². The molecule has 0 aromatic heterocycles. The first kappa shape index (κ1) is 6.46. The highest BCUT2D eigenvalue weighted by atomic mass is 16.7. The van der Waals surface area contributed by atoms with Crippen LogP contribution < -0.4 is 5.59 Å². The van der Waals surface area contributed by atoms with Crippen molar-refractivity contribution in [2.45, 2.75) is 0 Å². The molecule has 0 aromatic rings. The van der Waals surface area contributed by atoms with Gasteiger partial charge in [-0.2, -0.15) is 0 Å². The molecular weight excluding hydrogens is 92.1 g/mol. The minimum absolute atomic E-state index is 1.54. The lowest BCUT2D eigenvalue weighted by Crippen LogP contribution is -2.27. The normalized spacial score (nSPS) is 8.29. The first-order valence-corrected chi connectivity index (χ1v) is 1.95. The average molecular weight is 102 g/mol. The van der Waals surface area contributed by atoms with Crippen molar-refractivity contribution >= 4 is 0 Å². The number of rotatable bonds is 3. The summed E-state index contributed by atoms with van der Waals surface area (Å²) in [5.74, 6) is 0. The molecule has 0 amide bonds. The highest BCUT2D eigenvalue weighted by Gasteiger charge is 1.78. The molecule has 0 radical (unpaired) electrons. The fourth-order valence-corrected chi connectivity index (χ4v) is 0.181. The molecular formula is C4H10N2O. The number of hydrogen-bond acceptors (Lipinski definition) is 3. The van der Waals surface area contributed by atoms with Gasteiger partial charge in [0, 0.05) is 13.2 Å². The minimum atomic E-state index is 1.54. The maximum Gasteiger partial charge on any atom is 0.0593 e. The third kappa shape index (κ3) is 3.29. The molecule has 0 unspecified atom stereocenters. The summed E-state index contributed by atoms with van der Waals surface area (Å²) >= 11 is 0. The van der Waals surface area contributed by atoms with Gasteiger partial charge in [-0.3, -0.25) is 9.85 Å². The SMILES string of the molecule is C=CN(C)NOC. The van der Waals surface area contributed by atoms with E-state index in [9.17, 15) is 0 Å². The molecule has 0 bridgehead atoms. The van der Waals surface area contributed by atoms with E-state index < -0.39 is 0 Å². The Morgan fingerprint density at radius 1 is 1.86 bits per heavy atom. The highest BCUT2D eigenvalue weighted by Crippen LogP contribution is 1.68. The van der Waals surface area contributed by atoms with Crippen LogP contribution in [0, 0.1) is 0 Å². The minimum Gasteiger partial charge on any atom is -0.297 e. The Morgan fingerprint density at radius 2 is 2.43 bits per heavy atom. The van der Waals surface area contributed by atoms with Crippen molar-refractivity contribution in [3.05, 3.63) is 12.8 Å². The number of hydrogen-bond donors (Lipinski definition) is 1. The summed E-state index contributed by atoms with van der Waals surface area (Å²) < 4.78 is 0. The lowest BCUT2D eigenvalue weighted by atomic mass is 11.0. The number of nitrogens with zero attached hydrogens (tertiary/aromatic N) is 1. The van der Waals surface area contributed by atoms with Crippen LogP contribution in [-0.4, -0.2) is 19.2 Å². The summed E-state index contributed by atoms with van der Waals surface area (Å²) in [6.45, 7) is 3.46. The van der Waals surface area contributed by atoms with Gasteiger partial charge < -0.3 is 0 Å². The lowest BCUT2D eigenvalue weighted by molar-refractivity contribution is -0.0145. The van der Waals surface area contributed by atoms with Crippen molar-refractivity contribution in [1.82, 2.24) is 10.6 Å². The molecule has 0 aliphatic heterocycles. The summed E-state index contributed by atoms with van der Waals surface area (Å²) in [5, 5.41) is 1.60. The van der Waals surface area contributed by atoms with Gasteiger partial charge in [-0.05, 0) is 0 Å². The molecule has 7 heavy (non-hydrogen) atoms. The second kappa shape index (κ2) is 3.64. The van der Waals surface area contributed by atoms with Crippen LogP contribution in [0.25, 0.3) is 0 Å². The van der Waals surface area contributed by atoms with Crippen LogP contribution in [0.5, 0.6) is 0 Å². The zero-order valence-electron chi connectivity index (χ0n) is 4.64. The zero-order chi connectivity index (χ0) is 5.70. The van der Waals surface area contributed by atoms with E-state index in [1.807, 2.05) is 0 Å². The van der Waals surface area contributed by atoms with Crippen molar-refractivity contribution < 1.29 is 4.84 Å². The third-order valence-electron chi connectivity index (χ3n) is 0.509. The standard InChI is InChI=1S/C4H10N2O/c1-4-6(2)5-7-3/h4-5H,1H2,2-3H3. The van der Waals surface area contributed by atoms with E-state index in [4.69, 9.17) is 0 Å². The topological polar surface area (TPSA) is 24.5 Å². The molecule has 0 rings (SSSR count). The molecule has 42 valence electrons. The number of nitrogens with one attached hydrogen (secondary N) is 1. The van der Waals surface area contributed by atoms with Gasteiger partial charge in [-0.25, -0.2) is 0 Å². The van der Waals surface area contributed by atoms with E-state index in [1.165, 1.54) is 0 Å². The Kier molecular flexibility index (Phi) is 3.36. The van der Waals surface area contributed by atoms with Crippen LogP contribution in [-0.2, 0) is 4.84 Å². The lowest BCUT2D eigenvalue weighted by Gasteiger charge is -2.10. The van der Waals surface area contributed by atoms with Gasteiger partial charge in [-0.1, -0.05) is 6.58 Å². The number of hydrazine groups is 1. The molecule has 0 saturated carbocycles. The van der Waals surface area contributed by atoms with Gasteiger partial charge >= 0.3 is 0 Å². The van der Waals surface area contributed by atoms with E-state index in [1.54, 1.807) is 25.4 Å². The van der Waals surface area contributed by atoms with Crippen molar-refractivity contribution in [2.24, 2.45) is 0 Å². The Balaban J connectivity index is 2.98. The maximum atomic E-state index is 4.50. The molecule has 0 aliphatic rings.